The van der Waals surface area contributed by atoms with E-state index in [2.05, 4.69) is 5.32 Å². The van der Waals surface area contributed by atoms with Crippen LogP contribution in [0.15, 0.2) is 152 Å². The van der Waals surface area contributed by atoms with Crippen molar-refractivity contribution in [1.82, 2.24) is 10.2 Å². The Balaban J connectivity index is 1.42. The summed E-state index contributed by atoms with van der Waals surface area (Å²) in [5.74, 6) is -3.66. The van der Waals surface area contributed by atoms with Gasteiger partial charge in [0.1, 0.15) is 30.8 Å². The topological polar surface area (TPSA) is 158 Å². The lowest BCUT2D eigenvalue weighted by molar-refractivity contribution is -0.175. The first-order valence-corrected chi connectivity index (χ1v) is 19.1. The third-order valence-electron chi connectivity index (χ3n) is 8.80. The number of nitrogens with zero attached hydrogens (tertiary/aromatic N) is 1. The van der Waals surface area contributed by atoms with Crippen LogP contribution in [0.2, 0.25) is 0 Å². The smallest absolute Gasteiger partial charge is 0.447 e. The van der Waals surface area contributed by atoms with Crippen LogP contribution in [0, 0.1) is 0 Å². The van der Waals surface area contributed by atoms with Gasteiger partial charge in [-0.2, -0.15) is 0 Å². The molecule has 0 aromatic heterocycles. The number of aliphatic hydroxyl groups is 1. The molecule has 1 aliphatic rings. The molecular weight excluding hydrogens is 723 g/mol. The largest absolute Gasteiger partial charge is 0.460 e. The highest BCUT2D eigenvalue weighted by Gasteiger charge is 2.62. The molecule has 1 aliphatic heterocycles. The molecule has 0 spiro atoms. The van der Waals surface area contributed by atoms with Crippen LogP contribution in [0.3, 0.4) is 0 Å². The Morgan fingerprint density at radius 2 is 1.05 bits per heavy atom. The number of nitrogens with one attached hydrogen (secondary N) is 1. The average Bonchev–Trinajstić information content (AvgIpc) is 3.21. The highest BCUT2D eigenvalue weighted by Crippen LogP contribution is 2.56. The van der Waals surface area contributed by atoms with Gasteiger partial charge in [-0.15, -0.1) is 0 Å². The fourth-order valence-electron chi connectivity index (χ4n) is 6.11. The molecule has 0 saturated carbocycles. The lowest BCUT2D eigenvalue weighted by atomic mass is 9.91. The Bertz CT molecular complexity index is 2040. The van der Waals surface area contributed by atoms with Crippen LogP contribution < -0.4 is 14.4 Å². The Hall–Kier alpha value is -6.23. The van der Waals surface area contributed by atoms with Crippen molar-refractivity contribution < 1.29 is 47.4 Å². The molecule has 1 fully saturated rings. The van der Waals surface area contributed by atoms with Crippen molar-refractivity contribution in [3.05, 3.63) is 168 Å². The second kappa shape index (κ2) is 18.2. The van der Waals surface area contributed by atoms with Crippen LogP contribution in [-0.4, -0.2) is 64.2 Å². The number of β-lactam (4-membered cyclic amide) rings is 1. The normalized spacial score (nSPS) is 16.2. The minimum atomic E-state index is -4.98. The molecule has 0 radical (unpaired) electrons. The highest BCUT2D eigenvalue weighted by molar-refractivity contribution is 7.56. The molecule has 5 aromatic carbocycles. The van der Waals surface area contributed by atoms with E-state index >= 15 is 4.57 Å². The number of aliphatic hydroxyl groups excluding tert-OH is 1. The van der Waals surface area contributed by atoms with E-state index in [0.29, 0.717) is 16.7 Å². The summed E-state index contributed by atoms with van der Waals surface area (Å²) in [7, 11) is -4.98. The van der Waals surface area contributed by atoms with Gasteiger partial charge in [0, 0.05) is 0 Å². The van der Waals surface area contributed by atoms with Crippen LogP contribution in [0.5, 0.6) is 11.5 Å². The molecular formula is C42H39N2O10P. The first-order chi connectivity index (χ1) is 26.8. The van der Waals surface area contributed by atoms with E-state index in [1.54, 1.807) is 127 Å². The summed E-state index contributed by atoms with van der Waals surface area (Å²) in [6.45, 7) is -1.33. The maximum atomic E-state index is 15.5. The number of likely N-dealkylation sites (tertiary alicyclic amines) is 1. The van der Waals surface area contributed by atoms with E-state index in [9.17, 15) is 24.3 Å². The second-order valence-corrected chi connectivity index (χ2v) is 14.6. The number of hydrogen-bond donors (Lipinski definition) is 2. The molecule has 4 atom stereocenters. The Kier molecular flexibility index (Phi) is 12.7. The van der Waals surface area contributed by atoms with Gasteiger partial charge in [-0.25, -0.2) is 9.36 Å². The molecule has 1 heterocycles. The second-order valence-electron chi connectivity index (χ2n) is 12.6. The third-order valence-corrected chi connectivity index (χ3v) is 10.9. The molecule has 13 heteroatoms. The van der Waals surface area contributed by atoms with Gasteiger partial charge in [-0.05, 0) is 41.0 Å². The molecule has 12 nitrogen and oxygen atoms in total. The van der Waals surface area contributed by atoms with Gasteiger partial charge in [0.25, 0.3) is 0 Å². The number of carbonyl (C=O) groups is 4. The van der Waals surface area contributed by atoms with E-state index < -0.39 is 61.7 Å². The van der Waals surface area contributed by atoms with Crippen LogP contribution in [0.1, 0.15) is 16.7 Å². The van der Waals surface area contributed by atoms with E-state index in [4.69, 9.17) is 18.5 Å². The molecule has 5 aromatic rings. The third kappa shape index (κ3) is 9.66. The van der Waals surface area contributed by atoms with E-state index in [0.717, 1.165) is 4.90 Å². The van der Waals surface area contributed by atoms with Gasteiger partial charge in [-0.1, -0.05) is 127 Å². The summed E-state index contributed by atoms with van der Waals surface area (Å²) in [5.41, 5.74) is -0.319. The Morgan fingerprint density at radius 1 is 0.636 bits per heavy atom. The molecule has 6 rings (SSSR count). The minimum absolute atomic E-state index is 0.0266. The predicted molar refractivity (Wildman–Crippen MR) is 202 cm³/mol. The molecule has 2 amide bonds. The number of amides is 2. The van der Waals surface area contributed by atoms with Crippen molar-refractivity contribution in [2.45, 2.75) is 43.4 Å². The summed E-state index contributed by atoms with van der Waals surface area (Å²) in [6, 6.07) is 37.4. The summed E-state index contributed by atoms with van der Waals surface area (Å²) in [5, 5.41) is 13.3. The SMILES string of the molecule is O=C(Cc1ccccc1)N[C@@H]1C(=O)N(C(C(=O)OCc2ccccc2)C(C(=O)OCc2ccccc2)P(=O)(Oc2ccccc2)Oc2ccccc2)[C@@H]1CO. The van der Waals surface area contributed by atoms with Crippen molar-refractivity contribution in [2.24, 2.45) is 0 Å². The van der Waals surface area contributed by atoms with Gasteiger partial charge in [0.05, 0.1) is 19.1 Å². The quantitative estimate of drug-likeness (QED) is 0.0705. The van der Waals surface area contributed by atoms with Gasteiger partial charge in [0.2, 0.25) is 17.5 Å². The summed E-state index contributed by atoms with van der Waals surface area (Å²) in [6.07, 6.45) is -0.0647. The lowest BCUT2D eigenvalue weighted by Gasteiger charge is -2.50. The van der Waals surface area contributed by atoms with Gasteiger partial charge < -0.3 is 33.8 Å². The zero-order chi connectivity index (χ0) is 38.6. The maximum absolute atomic E-state index is 15.5. The van der Waals surface area contributed by atoms with Crippen molar-refractivity contribution in [3.8, 4) is 11.5 Å². The number of rotatable bonds is 17. The molecule has 2 N–H and O–H groups in total. The van der Waals surface area contributed by atoms with Crippen LogP contribution in [-0.2, 0) is 52.9 Å². The molecule has 1 saturated heterocycles. The number of hydrogen-bond acceptors (Lipinski definition) is 10. The Labute approximate surface area is 318 Å². The zero-order valence-electron chi connectivity index (χ0n) is 29.6. The molecule has 55 heavy (non-hydrogen) atoms. The van der Waals surface area contributed by atoms with Gasteiger partial charge in [0.15, 0.2) is 6.04 Å². The monoisotopic (exact) mass is 762 g/mol. The summed E-state index contributed by atoms with van der Waals surface area (Å²) >= 11 is 0. The van der Waals surface area contributed by atoms with E-state index in [1.165, 1.54) is 24.3 Å². The van der Waals surface area contributed by atoms with Crippen molar-refractivity contribution in [2.75, 3.05) is 6.61 Å². The standard InChI is InChI=1S/C42H39N2O10P/c45-27-35-37(43-36(46)26-30-16-6-1-7-17-30)40(47)44(35)38(41(48)51-28-31-18-8-2-9-19-31)39(42(49)52-29-32-20-10-3-11-21-32)55(50,53-33-22-12-4-13-23-33)54-34-24-14-5-15-25-34/h1-25,35,37-39,45H,26-29H2,(H,43,46)/t35-,37+,38?,39?/m1/s1. The fourth-order valence-corrected chi connectivity index (χ4v) is 8.15. The van der Waals surface area contributed by atoms with Crippen molar-refractivity contribution in [3.63, 3.8) is 0 Å². The number of carbonyl (C=O) groups excluding carboxylic acids is 4. The minimum Gasteiger partial charge on any atom is -0.460 e. The van der Waals surface area contributed by atoms with Crippen molar-refractivity contribution >= 4 is 31.3 Å². The molecule has 0 bridgehead atoms. The van der Waals surface area contributed by atoms with Crippen LogP contribution >= 0.6 is 7.60 Å². The summed E-state index contributed by atoms with van der Waals surface area (Å²) < 4.78 is 39.1. The maximum Gasteiger partial charge on any atom is 0.447 e. The van der Waals surface area contributed by atoms with Gasteiger partial charge >= 0.3 is 19.5 Å². The van der Waals surface area contributed by atoms with E-state index in [-0.39, 0.29) is 31.1 Å². The lowest BCUT2D eigenvalue weighted by Crippen LogP contribution is -2.77. The number of esters is 2. The number of benzene rings is 5. The number of ether oxygens (including phenoxy) is 2. The zero-order valence-corrected chi connectivity index (χ0v) is 30.5. The van der Waals surface area contributed by atoms with Crippen LogP contribution in [0.25, 0.3) is 0 Å². The Morgan fingerprint density at radius 3 is 1.51 bits per heavy atom. The highest BCUT2D eigenvalue weighted by atomic mass is 31.2. The van der Waals surface area contributed by atoms with Crippen molar-refractivity contribution in [1.29, 1.82) is 0 Å². The average molecular weight is 763 g/mol. The van der Waals surface area contributed by atoms with Crippen LogP contribution in [0.4, 0.5) is 0 Å². The molecule has 0 aliphatic carbocycles. The fraction of sp³-hybridized carbons (Fsp3) is 0.190. The van der Waals surface area contributed by atoms with Gasteiger partial charge in [-0.3, -0.25) is 14.4 Å². The predicted octanol–water partition coefficient (Wildman–Crippen LogP) is 5.49. The van der Waals surface area contributed by atoms with E-state index in [1.807, 2.05) is 0 Å². The first kappa shape index (κ1) is 38.5. The molecule has 282 valence electrons. The number of para-hydroxylation sites is 2. The summed E-state index contributed by atoms with van der Waals surface area (Å²) in [4.78, 5) is 57.2. The first-order valence-electron chi connectivity index (χ1n) is 17.5. The molecule has 2 unspecified atom stereocenters.